The summed E-state index contributed by atoms with van der Waals surface area (Å²) in [5.41, 5.74) is -0.396. The number of alkyl halides is 3. The number of nitrogens with one attached hydrogen (secondary N) is 2. The number of guanidine groups is 1. The van der Waals surface area contributed by atoms with E-state index < -0.39 is 11.7 Å². The van der Waals surface area contributed by atoms with Crippen LogP contribution in [0.25, 0.3) is 0 Å². The van der Waals surface area contributed by atoms with Crippen molar-refractivity contribution in [1.82, 2.24) is 10.6 Å². The molecule has 2 aromatic rings. The van der Waals surface area contributed by atoms with Crippen molar-refractivity contribution < 1.29 is 17.6 Å². The average Bonchev–Trinajstić information content (AvgIpc) is 3.04. The molecule has 2 rings (SSSR count). The predicted octanol–water partition coefficient (Wildman–Crippen LogP) is 4.37. The van der Waals surface area contributed by atoms with E-state index in [1.54, 1.807) is 12.3 Å². The third-order valence-electron chi connectivity index (χ3n) is 3.41. The number of halogens is 3. The standard InChI is InChI=1S/C19H24F3N3O/c1-18(2,3)25-17(23-10-9-16-8-5-11-26-16)24-13-14-6-4-7-15(12-14)19(20,21)22/h4-8,11-12H,9-10,13H2,1-3H3,(H2,23,24,25). The molecule has 26 heavy (non-hydrogen) atoms. The van der Waals surface area contributed by atoms with Crippen LogP contribution in [0.5, 0.6) is 0 Å². The van der Waals surface area contributed by atoms with Crippen LogP contribution in [0.15, 0.2) is 52.1 Å². The highest BCUT2D eigenvalue weighted by molar-refractivity contribution is 5.80. The first kappa shape index (κ1) is 19.9. The summed E-state index contributed by atoms with van der Waals surface area (Å²) in [7, 11) is 0. The zero-order valence-corrected chi connectivity index (χ0v) is 15.2. The first-order chi connectivity index (χ1) is 12.1. The van der Waals surface area contributed by atoms with Crippen LogP contribution in [0.3, 0.4) is 0 Å². The van der Waals surface area contributed by atoms with Crippen molar-refractivity contribution in [3.63, 3.8) is 0 Å². The van der Waals surface area contributed by atoms with Gasteiger partial charge in [0.1, 0.15) is 5.76 Å². The van der Waals surface area contributed by atoms with E-state index in [-0.39, 0.29) is 12.1 Å². The van der Waals surface area contributed by atoms with Crippen molar-refractivity contribution >= 4 is 5.96 Å². The molecule has 0 aliphatic carbocycles. The van der Waals surface area contributed by atoms with Gasteiger partial charge in [-0.1, -0.05) is 12.1 Å². The third kappa shape index (κ3) is 6.82. The van der Waals surface area contributed by atoms with E-state index in [4.69, 9.17) is 4.42 Å². The van der Waals surface area contributed by atoms with Gasteiger partial charge >= 0.3 is 6.18 Å². The average molecular weight is 367 g/mol. The molecule has 0 bridgehead atoms. The van der Waals surface area contributed by atoms with Crippen molar-refractivity contribution in [3.8, 4) is 0 Å². The molecule has 0 aliphatic rings. The number of furan rings is 1. The molecule has 0 fully saturated rings. The smallest absolute Gasteiger partial charge is 0.416 e. The molecule has 7 heteroatoms. The molecule has 0 spiro atoms. The van der Waals surface area contributed by atoms with E-state index in [0.29, 0.717) is 24.5 Å². The molecule has 2 N–H and O–H groups in total. The number of aliphatic imine (C=N–C) groups is 1. The van der Waals surface area contributed by atoms with Crippen LogP contribution in [0.2, 0.25) is 0 Å². The van der Waals surface area contributed by atoms with Gasteiger partial charge in [0.05, 0.1) is 18.4 Å². The van der Waals surface area contributed by atoms with Crippen LogP contribution in [-0.4, -0.2) is 18.0 Å². The van der Waals surface area contributed by atoms with Crippen LogP contribution in [0.1, 0.15) is 37.7 Å². The van der Waals surface area contributed by atoms with Gasteiger partial charge in [0.2, 0.25) is 0 Å². The molecule has 1 heterocycles. The maximum Gasteiger partial charge on any atom is 0.416 e. The van der Waals surface area contributed by atoms with Gasteiger partial charge in [-0.3, -0.25) is 0 Å². The number of rotatable bonds is 5. The Kier molecular flexibility index (Phi) is 6.34. The van der Waals surface area contributed by atoms with Crippen LogP contribution in [-0.2, 0) is 19.1 Å². The van der Waals surface area contributed by atoms with Gasteiger partial charge in [-0.25, -0.2) is 4.99 Å². The lowest BCUT2D eigenvalue weighted by molar-refractivity contribution is -0.137. The van der Waals surface area contributed by atoms with Crippen molar-refractivity contribution in [2.24, 2.45) is 4.99 Å². The summed E-state index contributed by atoms with van der Waals surface area (Å²) in [5, 5.41) is 6.42. The number of hydrogen-bond donors (Lipinski definition) is 2. The van der Waals surface area contributed by atoms with Crippen LogP contribution in [0, 0.1) is 0 Å². The Morgan fingerprint density at radius 1 is 1.12 bits per heavy atom. The monoisotopic (exact) mass is 367 g/mol. The van der Waals surface area contributed by atoms with E-state index in [9.17, 15) is 13.2 Å². The minimum atomic E-state index is -4.35. The Morgan fingerprint density at radius 3 is 2.50 bits per heavy atom. The van der Waals surface area contributed by atoms with Crippen molar-refractivity contribution in [3.05, 3.63) is 59.5 Å². The fourth-order valence-corrected chi connectivity index (χ4v) is 2.27. The lowest BCUT2D eigenvalue weighted by atomic mass is 10.1. The van der Waals surface area contributed by atoms with E-state index in [1.165, 1.54) is 6.07 Å². The number of nitrogens with zero attached hydrogens (tertiary/aromatic N) is 1. The minimum Gasteiger partial charge on any atom is -0.469 e. The maximum atomic E-state index is 12.8. The zero-order valence-electron chi connectivity index (χ0n) is 15.2. The fraction of sp³-hybridized carbons (Fsp3) is 0.421. The van der Waals surface area contributed by atoms with Gasteiger partial charge in [0, 0.05) is 18.5 Å². The molecule has 4 nitrogen and oxygen atoms in total. The second-order valence-electron chi connectivity index (χ2n) is 6.99. The van der Waals surface area contributed by atoms with Crippen LogP contribution >= 0.6 is 0 Å². The molecule has 1 aromatic heterocycles. The van der Waals surface area contributed by atoms with Crippen LogP contribution in [0.4, 0.5) is 13.2 Å². The minimum absolute atomic E-state index is 0.149. The largest absolute Gasteiger partial charge is 0.469 e. The van der Waals surface area contributed by atoms with Gasteiger partial charge in [-0.15, -0.1) is 0 Å². The van der Waals surface area contributed by atoms with E-state index >= 15 is 0 Å². The maximum absolute atomic E-state index is 12.8. The summed E-state index contributed by atoms with van der Waals surface area (Å²) in [6, 6.07) is 8.93. The SMILES string of the molecule is CC(C)(C)NC(=NCc1cccc(C(F)(F)F)c1)NCCc1ccco1. The quantitative estimate of drug-likeness (QED) is 0.609. The van der Waals surface area contributed by atoms with E-state index in [0.717, 1.165) is 17.9 Å². The molecule has 0 aliphatic heterocycles. The molecule has 0 atom stereocenters. The molecular formula is C19H24F3N3O. The Labute approximate surface area is 151 Å². The highest BCUT2D eigenvalue weighted by atomic mass is 19.4. The molecule has 0 radical (unpaired) electrons. The van der Waals surface area contributed by atoms with Crippen molar-refractivity contribution in [2.45, 2.75) is 45.5 Å². The summed E-state index contributed by atoms with van der Waals surface area (Å²) in [4.78, 5) is 4.42. The van der Waals surface area contributed by atoms with E-state index in [1.807, 2.05) is 32.9 Å². The number of benzene rings is 1. The first-order valence-corrected chi connectivity index (χ1v) is 8.38. The second-order valence-corrected chi connectivity index (χ2v) is 6.99. The fourth-order valence-electron chi connectivity index (χ4n) is 2.27. The third-order valence-corrected chi connectivity index (χ3v) is 3.41. The zero-order chi connectivity index (χ0) is 19.2. The lowest BCUT2D eigenvalue weighted by Gasteiger charge is -2.24. The molecule has 0 unspecified atom stereocenters. The van der Waals surface area contributed by atoms with Crippen LogP contribution < -0.4 is 10.6 Å². The molecule has 0 saturated heterocycles. The van der Waals surface area contributed by atoms with Gasteiger partial charge in [-0.05, 0) is 50.6 Å². The first-order valence-electron chi connectivity index (χ1n) is 8.38. The number of hydrogen-bond acceptors (Lipinski definition) is 2. The molecule has 0 amide bonds. The highest BCUT2D eigenvalue weighted by Crippen LogP contribution is 2.29. The molecular weight excluding hydrogens is 343 g/mol. The predicted molar refractivity (Wildman–Crippen MR) is 95.9 cm³/mol. The Balaban J connectivity index is 2.04. The normalized spacial score (nSPS) is 12.9. The van der Waals surface area contributed by atoms with Gasteiger partial charge in [-0.2, -0.15) is 13.2 Å². The molecule has 142 valence electrons. The molecule has 0 saturated carbocycles. The summed E-state index contributed by atoms with van der Waals surface area (Å²) in [5.74, 6) is 1.40. The Morgan fingerprint density at radius 2 is 1.88 bits per heavy atom. The Hall–Kier alpha value is -2.44. The second kappa shape index (κ2) is 8.29. The summed E-state index contributed by atoms with van der Waals surface area (Å²) < 4.78 is 43.7. The van der Waals surface area contributed by atoms with Gasteiger partial charge in [0.15, 0.2) is 5.96 Å². The summed E-state index contributed by atoms with van der Waals surface area (Å²) in [6.07, 6.45) is -2.06. The Bertz CT molecular complexity index is 716. The van der Waals surface area contributed by atoms with Crippen molar-refractivity contribution in [2.75, 3.05) is 6.54 Å². The van der Waals surface area contributed by atoms with Gasteiger partial charge < -0.3 is 15.1 Å². The topological polar surface area (TPSA) is 49.6 Å². The lowest BCUT2D eigenvalue weighted by Crippen LogP contribution is -2.48. The highest BCUT2D eigenvalue weighted by Gasteiger charge is 2.30. The molecule has 1 aromatic carbocycles. The van der Waals surface area contributed by atoms with E-state index in [2.05, 4.69) is 15.6 Å². The summed E-state index contributed by atoms with van der Waals surface area (Å²) in [6.45, 7) is 6.71. The van der Waals surface area contributed by atoms with Gasteiger partial charge in [0.25, 0.3) is 0 Å². The van der Waals surface area contributed by atoms with Crippen molar-refractivity contribution in [1.29, 1.82) is 0 Å². The summed E-state index contributed by atoms with van der Waals surface area (Å²) >= 11 is 0.